The molecule has 1 atom stereocenters. The first-order valence-corrected chi connectivity index (χ1v) is 10.5. The Balaban J connectivity index is 1.99. The van der Waals surface area contributed by atoms with Crippen LogP contribution in [0.15, 0.2) is 32.8 Å². The summed E-state index contributed by atoms with van der Waals surface area (Å²) in [5.41, 5.74) is 1.09. The highest BCUT2D eigenvalue weighted by Crippen LogP contribution is 2.50. The molecule has 1 aliphatic carbocycles. The number of hydrogen-bond donors (Lipinski definition) is 3. The first kappa shape index (κ1) is 23.6. The number of alkyl halides is 6. The molecule has 4 N–H and O–H groups in total. The van der Waals surface area contributed by atoms with E-state index in [0.717, 1.165) is 17.4 Å². The molecule has 0 radical (unpaired) electrons. The summed E-state index contributed by atoms with van der Waals surface area (Å²) in [6.07, 6.45) is -11.0. The van der Waals surface area contributed by atoms with Crippen molar-refractivity contribution in [2.24, 2.45) is 10.9 Å². The Hall–Kier alpha value is -1.64. The Morgan fingerprint density at radius 1 is 1.24 bits per heavy atom. The van der Waals surface area contributed by atoms with Crippen molar-refractivity contribution in [3.8, 4) is 0 Å². The van der Waals surface area contributed by atoms with Crippen LogP contribution in [0, 0.1) is 5.92 Å². The van der Waals surface area contributed by atoms with Crippen LogP contribution in [-0.4, -0.2) is 50.3 Å². The van der Waals surface area contributed by atoms with Gasteiger partial charge in [0.25, 0.3) is 5.60 Å². The average Bonchev–Trinajstić information content (AvgIpc) is 3.04. The lowest BCUT2D eigenvalue weighted by molar-refractivity contribution is -0.380. The minimum atomic E-state index is -5.89. The summed E-state index contributed by atoms with van der Waals surface area (Å²) in [5, 5.41) is 10.8. The van der Waals surface area contributed by atoms with E-state index < -0.39 is 40.3 Å². The number of rotatable bonds is 6. The highest BCUT2D eigenvalue weighted by atomic mass is 32.2. The first-order valence-electron chi connectivity index (χ1n) is 8.09. The molecule has 1 heterocycles. The van der Waals surface area contributed by atoms with Crippen LogP contribution < -0.4 is 10.5 Å². The van der Waals surface area contributed by atoms with Crippen LogP contribution in [0.2, 0.25) is 0 Å². The minimum absolute atomic E-state index is 0.00152. The summed E-state index contributed by atoms with van der Waals surface area (Å²) in [6.45, 7) is -0.205. The van der Waals surface area contributed by atoms with E-state index in [2.05, 4.69) is 9.71 Å². The first-order chi connectivity index (χ1) is 13.2. The van der Waals surface area contributed by atoms with Crippen LogP contribution in [-0.2, 0) is 10.0 Å². The number of nitrogens with zero attached hydrogens (tertiary/aromatic N) is 1. The summed E-state index contributed by atoms with van der Waals surface area (Å²) >= 11 is 0.919. The molecule has 0 amide bonds. The number of nitrogens with two attached hydrogens (primary N) is 1. The fraction of sp³-hybridized carbons (Fsp3) is 0.533. The highest BCUT2D eigenvalue weighted by Gasteiger charge is 2.73. The van der Waals surface area contributed by atoms with Crippen LogP contribution in [0.4, 0.5) is 32.0 Å². The molecule has 1 unspecified atom stereocenters. The predicted molar refractivity (Wildman–Crippen MR) is 95.1 cm³/mol. The number of halogens is 6. The molecule has 0 saturated carbocycles. The zero-order chi connectivity index (χ0) is 22.1. The lowest BCUT2D eigenvalue weighted by Crippen LogP contribution is -2.61. The molecule has 164 valence electrons. The zero-order valence-corrected chi connectivity index (χ0v) is 16.2. The third kappa shape index (κ3) is 5.10. The summed E-state index contributed by atoms with van der Waals surface area (Å²) in [6, 6.07) is 1.27. The number of sulfonamides is 1. The van der Waals surface area contributed by atoms with Crippen LogP contribution in [0.1, 0.15) is 12.8 Å². The van der Waals surface area contributed by atoms with Crippen molar-refractivity contribution in [2.75, 3.05) is 18.8 Å². The molecule has 0 aromatic carbocycles. The summed E-state index contributed by atoms with van der Waals surface area (Å²) < 4.78 is 103. The largest absolute Gasteiger partial charge is 0.426 e. The summed E-state index contributed by atoms with van der Waals surface area (Å²) in [5.74, 6) is -2.20. The van der Waals surface area contributed by atoms with Gasteiger partial charge in [0, 0.05) is 29.2 Å². The molecule has 0 fully saturated rings. The lowest BCUT2D eigenvalue weighted by atomic mass is 9.79. The number of aliphatic hydroxyl groups is 1. The van der Waals surface area contributed by atoms with Gasteiger partial charge in [-0.15, -0.1) is 11.3 Å². The molecule has 1 aromatic rings. The molecule has 2 rings (SSSR count). The van der Waals surface area contributed by atoms with Gasteiger partial charge in [-0.3, -0.25) is 4.99 Å². The number of nitrogens with one attached hydrogen (secondary N) is 1. The van der Waals surface area contributed by atoms with E-state index in [1.54, 1.807) is 0 Å². The van der Waals surface area contributed by atoms with Gasteiger partial charge in [0.2, 0.25) is 10.0 Å². The van der Waals surface area contributed by atoms with Gasteiger partial charge in [-0.25, -0.2) is 13.1 Å². The molecule has 0 bridgehead atoms. The minimum Gasteiger partial charge on any atom is -0.398 e. The van der Waals surface area contributed by atoms with E-state index in [9.17, 15) is 39.9 Å². The van der Waals surface area contributed by atoms with Gasteiger partial charge in [-0.05, 0) is 25.0 Å². The van der Waals surface area contributed by atoms with Crippen molar-refractivity contribution in [2.45, 2.75) is 35.0 Å². The average molecular weight is 465 g/mol. The summed E-state index contributed by atoms with van der Waals surface area (Å²) in [7, 11) is -3.79. The Morgan fingerprint density at radius 3 is 2.31 bits per heavy atom. The molecular formula is C15H17F6N3O3S2. The number of hydrogen-bond acceptors (Lipinski definition) is 6. The molecule has 6 nitrogen and oxygen atoms in total. The molecule has 0 spiro atoms. The van der Waals surface area contributed by atoms with Gasteiger partial charge in [0.05, 0.1) is 6.54 Å². The Kier molecular flexibility index (Phi) is 6.72. The topological polar surface area (TPSA) is 105 Å². The second-order valence-electron chi connectivity index (χ2n) is 6.24. The molecule has 29 heavy (non-hydrogen) atoms. The maximum Gasteiger partial charge on any atom is 0.426 e. The quantitative estimate of drug-likeness (QED) is 0.444. The van der Waals surface area contributed by atoms with Gasteiger partial charge in [0.15, 0.2) is 0 Å². The van der Waals surface area contributed by atoms with Crippen molar-refractivity contribution < 1.29 is 39.9 Å². The van der Waals surface area contributed by atoms with Crippen molar-refractivity contribution in [1.82, 2.24) is 4.72 Å². The smallest absolute Gasteiger partial charge is 0.398 e. The second-order valence-corrected chi connectivity index (χ2v) is 9.14. The standard InChI is InChI=1S/C15H17F6N3O3S2/c16-14(17,18)13(25,15(19,20)21)9-1-3-11(4-2-9)23-5-6-24-29(26,27)12-7-10(22)8-28-12/h1,3,7-9,24-25H,2,4-6,22H2. The number of allylic oxidation sites excluding steroid dienone is 1. The molecular weight excluding hydrogens is 448 g/mol. The third-order valence-electron chi connectivity index (χ3n) is 4.21. The Bertz CT molecular complexity index is 876. The van der Waals surface area contributed by atoms with E-state index in [1.807, 2.05) is 0 Å². The van der Waals surface area contributed by atoms with Crippen LogP contribution in [0.3, 0.4) is 0 Å². The van der Waals surface area contributed by atoms with E-state index in [4.69, 9.17) is 5.73 Å². The Labute approximate surface area is 166 Å². The zero-order valence-electron chi connectivity index (χ0n) is 14.6. The van der Waals surface area contributed by atoms with Crippen molar-refractivity contribution in [3.05, 3.63) is 23.6 Å². The maximum absolute atomic E-state index is 12.9. The molecule has 1 aliphatic rings. The molecule has 0 aliphatic heterocycles. The van der Waals surface area contributed by atoms with Crippen LogP contribution in [0.25, 0.3) is 0 Å². The molecule has 0 saturated heterocycles. The fourth-order valence-electron chi connectivity index (χ4n) is 2.69. The van der Waals surface area contributed by atoms with E-state index in [0.29, 0.717) is 6.08 Å². The number of nitrogen functional groups attached to an aromatic ring is 1. The number of thiophene rings is 1. The highest BCUT2D eigenvalue weighted by molar-refractivity contribution is 7.91. The molecule has 1 aromatic heterocycles. The number of aliphatic imine (C=N–C) groups is 1. The number of anilines is 1. The van der Waals surface area contributed by atoms with E-state index in [1.165, 1.54) is 11.4 Å². The van der Waals surface area contributed by atoms with Gasteiger partial charge in [0.1, 0.15) is 4.21 Å². The lowest BCUT2D eigenvalue weighted by Gasteiger charge is -2.38. The van der Waals surface area contributed by atoms with Gasteiger partial charge < -0.3 is 10.8 Å². The second kappa shape index (κ2) is 8.24. The predicted octanol–water partition coefficient (Wildman–Crippen LogP) is 2.87. The Morgan fingerprint density at radius 2 is 1.86 bits per heavy atom. The maximum atomic E-state index is 12.9. The van der Waals surface area contributed by atoms with E-state index >= 15 is 0 Å². The van der Waals surface area contributed by atoms with Crippen LogP contribution >= 0.6 is 11.3 Å². The van der Waals surface area contributed by atoms with Crippen molar-refractivity contribution >= 4 is 32.8 Å². The van der Waals surface area contributed by atoms with Gasteiger partial charge in [-0.1, -0.05) is 6.08 Å². The SMILES string of the molecule is Nc1csc(S(=O)(=O)NCCN=C2C=CC(C(O)(C(F)(F)F)C(F)(F)F)CC2)c1. The van der Waals surface area contributed by atoms with Crippen molar-refractivity contribution in [1.29, 1.82) is 0 Å². The van der Waals surface area contributed by atoms with Crippen LogP contribution in [0.5, 0.6) is 0 Å². The normalized spacial score (nSPS) is 20.4. The summed E-state index contributed by atoms with van der Waals surface area (Å²) in [4.78, 5) is 3.96. The third-order valence-corrected chi connectivity index (χ3v) is 7.13. The van der Waals surface area contributed by atoms with Gasteiger partial charge >= 0.3 is 12.4 Å². The monoisotopic (exact) mass is 465 g/mol. The van der Waals surface area contributed by atoms with E-state index in [-0.39, 0.29) is 35.1 Å². The van der Waals surface area contributed by atoms with Crippen molar-refractivity contribution in [3.63, 3.8) is 0 Å². The van der Waals surface area contributed by atoms with Gasteiger partial charge in [-0.2, -0.15) is 26.3 Å². The fourth-order valence-corrected chi connectivity index (χ4v) is 4.84. The molecule has 14 heteroatoms.